The van der Waals surface area contributed by atoms with Crippen molar-refractivity contribution in [2.24, 2.45) is 0 Å². The second-order valence-corrected chi connectivity index (χ2v) is 5.93. The first-order chi connectivity index (χ1) is 8.99. The first-order valence-electron chi connectivity index (χ1n) is 6.89. The molecule has 2 rings (SSSR count). The highest BCUT2D eigenvalue weighted by Crippen LogP contribution is 2.26. The van der Waals surface area contributed by atoms with Gasteiger partial charge in [-0.15, -0.1) is 0 Å². The monoisotopic (exact) mass is 268 g/mol. The van der Waals surface area contributed by atoms with Crippen LogP contribution in [0.3, 0.4) is 0 Å². The van der Waals surface area contributed by atoms with E-state index >= 15 is 0 Å². The van der Waals surface area contributed by atoms with Gasteiger partial charge in [-0.25, -0.2) is 8.78 Å². The first-order valence-corrected chi connectivity index (χ1v) is 6.89. The SMILES string of the molecule is CC(C)(CNC1CCCNC1)c1cc(F)ccc1F. The molecule has 0 radical (unpaired) electrons. The van der Waals surface area contributed by atoms with Crippen LogP contribution in [0.4, 0.5) is 8.78 Å². The van der Waals surface area contributed by atoms with Gasteiger partial charge in [-0.3, -0.25) is 0 Å². The predicted molar refractivity (Wildman–Crippen MR) is 73.3 cm³/mol. The standard InChI is InChI=1S/C15H22F2N2/c1-15(2,10-19-12-4-3-7-18-9-12)13-8-11(16)5-6-14(13)17/h5-6,8,12,18-19H,3-4,7,9-10H2,1-2H3. The van der Waals surface area contributed by atoms with Gasteiger partial charge in [0.1, 0.15) is 11.6 Å². The van der Waals surface area contributed by atoms with Gasteiger partial charge in [-0.2, -0.15) is 0 Å². The van der Waals surface area contributed by atoms with Crippen molar-refractivity contribution in [3.8, 4) is 0 Å². The summed E-state index contributed by atoms with van der Waals surface area (Å²) in [5.41, 5.74) is 0.00709. The highest BCUT2D eigenvalue weighted by atomic mass is 19.1. The van der Waals surface area contributed by atoms with E-state index < -0.39 is 5.41 Å². The number of piperidine rings is 1. The summed E-state index contributed by atoms with van der Waals surface area (Å²) in [6.07, 6.45) is 2.29. The molecule has 1 aliphatic rings. The molecule has 4 heteroatoms. The van der Waals surface area contributed by atoms with E-state index in [1.165, 1.54) is 12.1 Å². The molecule has 0 aromatic heterocycles. The molecule has 1 aromatic rings. The molecular weight excluding hydrogens is 246 g/mol. The van der Waals surface area contributed by atoms with E-state index in [4.69, 9.17) is 0 Å². The molecule has 2 N–H and O–H groups in total. The number of halogens is 2. The van der Waals surface area contributed by atoms with Gasteiger partial charge in [0, 0.05) is 24.5 Å². The van der Waals surface area contributed by atoms with Crippen LogP contribution in [0.1, 0.15) is 32.3 Å². The van der Waals surface area contributed by atoms with Gasteiger partial charge in [0.25, 0.3) is 0 Å². The topological polar surface area (TPSA) is 24.1 Å². The molecular formula is C15H22F2N2. The Hall–Kier alpha value is -1.00. The number of nitrogens with one attached hydrogen (secondary N) is 2. The van der Waals surface area contributed by atoms with Crippen molar-refractivity contribution in [1.82, 2.24) is 10.6 Å². The Bertz CT molecular complexity index is 426. The molecule has 1 unspecified atom stereocenters. The van der Waals surface area contributed by atoms with Crippen LogP contribution in [0.2, 0.25) is 0 Å². The van der Waals surface area contributed by atoms with E-state index in [0.717, 1.165) is 32.0 Å². The van der Waals surface area contributed by atoms with E-state index in [-0.39, 0.29) is 11.6 Å². The molecule has 0 amide bonds. The van der Waals surface area contributed by atoms with Crippen LogP contribution in [0.5, 0.6) is 0 Å². The summed E-state index contributed by atoms with van der Waals surface area (Å²) >= 11 is 0. The van der Waals surface area contributed by atoms with E-state index in [0.29, 0.717) is 18.2 Å². The van der Waals surface area contributed by atoms with Gasteiger partial charge in [0.05, 0.1) is 0 Å². The van der Waals surface area contributed by atoms with Crippen molar-refractivity contribution in [2.75, 3.05) is 19.6 Å². The minimum atomic E-state index is -0.427. The van der Waals surface area contributed by atoms with Crippen molar-refractivity contribution in [1.29, 1.82) is 0 Å². The fourth-order valence-electron chi connectivity index (χ4n) is 2.54. The van der Waals surface area contributed by atoms with Gasteiger partial charge in [0.15, 0.2) is 0 Å². The zero-order valence-corrected chi connectivity index (χ0v) is 11.6. The van der Waals surface area contributed by atoms with Crippen molar-refractivity contribution in [3.05, 3.63) is 35.4 Å². The fraction of sp³-hybridized carbons (Fsp3) is 0.600. The average molecular weight is 268 g/mol. The molecule has 0 aliphatic carbocycles. The van der Waals surface area contributed by atoms with Crippen molar-refractivity contribution >= 4 is 0 Å². The lowest BCUT2D eigenvalue weighted by Crippen LogP contribution is -2.47. The Balaban J connectivity index is 2.02. The van der Waals surface area contributed by atoms with Crippen molar-refractivity contribution in [2.45, 2.75) is 38.1 Å². The molecule has 1 aromatic carbocycles. The van der Waals surface area contributed by atoms with Gasteiger partial charge < -0.3 is 10.6 Å². The Labute approximate surface area is 113 Å². The van der Waals surface area contributed by atoms with Crippen molar-refractivity contribution in [3.63, 3.8) is 0 Å². The number of hydrogen-bond donors (Lipinski definition) is 2. The normalized spacial score (nSPS) is 20.5. The second-order valence-electron chi connectivity index (χ2n) is 5.93. The van der Waals surface area contributed by atoms with Crippen LogP contribution in [0.25, 0.3) is 0 Å². The minimum Gasteiger partial charge on any atom is -0.315 e. The van der Waals surface area contributed by atoms with Crippen LogP contribution < -0.4 is 10.6 Å². The Morgan fingerprint density at radius 2 is 2.16 bits per heavy atom. The highest BCUT2D eigenvalue weighted by Gasteiger charge is 2.26. The molecule has 1 heterocycles. The third kappa shape index (κ3) is 3.74. The maximum Gasteiger partial charge on any atom is 0.127 e. The molecule has 0 saturated carbocycles. The minimum absolute atomic E-state index is 0.338. The zero-order chi connectivity index (χ0) is 13.9. The Kier molecular flexibility index (Phi) is 4.53. The Morgan fingerprint density at radius 3 is 2.84 bits per heavy atom. The zero-order valence-electron chi connectivity index (χ0n) is 11.6. The smallest absolute Gasteiger partial charge is 0.127 e. The summed E-state index contributed by atoms with van der Waals surface area (Å²) in [6, 6.07) is 4.09. The second kappa shape index (κ2) is 5.97. The van der Waals surface area contributed by atoms with E-state index in [2.05, 4.69) is 10.6 Å². The van der Waals surface area contributed by atoms with E-state index in [1.54, 1.807) is 0 Å². The summed E-state index contributed by atoms with van der Waals surface area (Å²) < 4.78 is 27.1. The molecule has 1 fully saturated rings. The lowest BCUT2D eigenvalue weighted by Gasteiger charge is -2.31. The van der Waals surface area contributed by atoms with Crippen LogP contribution in [0, 0.1) is 11.6 Å². The van der Waals surface area contributed by atoms with Crippen LogP contribution >= 0.6 is 0 Å². The summed E-state index contributed by atoms with van der Waals surface area (Å²) in [4.78, 5) is 0. The molecule has 1 aliphatic heterocycles. The van der Waals surface area contributed by atoms with Crippen LogP contribution in [-0.4, -0.2) is 25.7 Å². The lowest BCUT2D eigenvalue weighted by atomic mass is 9.83. The van der Waals surface area contributed by atoms with Gasteiger partial charge in [-0.1, -0.05) is 13.8 Å². The third-order valence-corrected chi connectivity index (χ3v) is 3.79. The summed E-state index contributed by atoms with van der Waals surface area (Å²) in [5, 5.41) is 6.79. The van der Waals surface area contributed by atoms with Crippen LogP contribution in [-0.2, 0) is 5.41 Å². The largest absolute Gasteiger partial charge is 0.315 e. The maximum absolute atomic E-state index is 13.8. The lowest BCUT2D eigenvalue weighted by molar-refractivity contribution is 0.348. The highest BCUT2D eigenvalue weighted by molar-refractivity contribution is 5.26. The fourth-order valence-corrected chi connectivity index (χ4v) is 2.54. The first kappa shape index (κ1) is 14.4. The van der Waals surface area contributed by atoms with Crippen molar-refractivity contribution < 1.29 is 8.78 Å². The van der Waals surface area contributed by atoms with Gasteiger partial charge >= 0.3 is 0 Å². The molecule has 0 spiro atoms. The van der Waals surface area contributed by atoms with Gasteiger partial charge in [-0.05, 0) is 43.1 Å². The third-order valence-electron chi connectivity index (χ3n) is 3.79. The molecule has 1 atom stereocenters. The van der Waals surface area contributed by atoms with E-state index in [1.807, 2.05) is 13.8 Å². The Morgan fingerprint density at radius 1 is 1.37 bits per heavy atom. The summed E-state index contributed by atoms with van der Waals surface area (Å²) in [7, 11) is 0. The number of rotatable bonds is 4. The summed E-state index contributed by atoms with van der Waals surface area (Å²) in [5.74, 6) is -0.723. The number of benzene rings is 1. The molecule has 106 valence electrons. The predicted octanol–water partition coefficient (Wildman–Crippen LogP) is 2.58. The van der Waals surface area contributed by atoms with E-state index in [9.17, 15) is 8.78 Å². The number of hydrogen-bond acceptors (Lipinski definition) is 2. The summed E-state index contributed by atoms with van der Waals surface area (Å²) in [6.45, 7) is 6.53. The molecule has 19 heavy (non-hydrogen) atoms. The quantitative estimate of drug-likeness (QED) is 0.877. The average Bonchev–Trinajstić information content (AvgIpc) is 2.40. The van der Waals surface area contributed by atoms with Crippen LogP contribution in [0.15, 0.2) is 18.2 Å². The van der Waals surface area contributed by atoms with Gasteiger partial charge in [0.2, 0.25) is 0 Å². The molecule has 1 saturated heterocycles. The molecule has 0 bridgehead atoms. The molecule has 2 nitrogen and oxygen atoms in total. The maximum atomic E-state index is 13.8.